The van der Waals surface area contributed by atoms with Gasteiger partial charge in [0.2, 0.25) is 5.91 Å². The second-order valence-corrected chi connectivity index (χ2v) is 3.70. The van der Waals surface area contributed by atoms with E-state index in [0.29, 0.717) is 5.56 Å². The Morgan fingerprint density at radius 1 is 1.37 bits per heavy atom. The van der Waals surface area contributed by atoms with Crippen molar-refractivity contribution in [3.63, 3.8) is 0 Å². The predicted octanol–water partition coefficient (Wildman–Crippen LogP) is 0.521. The largest absolute Gasteiger partial charge is 0.573 e. The lowest BCUT2D eigenvalue weighted by molar-refractivity contribution is -0.274. The molecule has 1 aromatic carbocycles. The molecule has 8 heteroatoms. The maximum Gasteiger partial charge on any atom is 0.573 e. The molecular formula is C11H13F3N2O3. The third kappa shape index (κ3) is 5.58. The van der Waals surface area contributed by atoms with Crippen molar-refractivity contribution in [2.75, 3.05) is 6.61 Å². The lowest BCUT2D eigenvalue weighted by Crippen LogP contribution is -2.42. The number of hydrogen-bond acceptors (Lipinski definition) is 4. The molecular weight excluding hydrogens is 265 g/mol. The molecule has 0 radical (unpaired) electrons. The third-order valence-corrected chi connectivity index (χ3v) is 2.16. The van der Waals surface area contributed by atoms with Crippen LogP contribution in [0.1, 0.15) is 5.56 Å². The van der Waals surface area contributed by atoms with E-state index in [4.69, 9.17) is 10.8 Å². The summed E-state index contributed by atoms with van der Waals surface area (Å²) in [6, 6.07) is 4.02. The van der Waals surface area contributed by atoms with Gasteiger partial charge in [-0.05, 0) is 17.7 Å². The minimum Gasteiger partial charge on any atom is -0.406 e. The van der Waals surface area contributed by atoms with Gasteiger partial charge < -0.3 is 20.9 Å². The van der Waals surface area contributed by atoms with Crippen molar-refractivity contribution in [2.24, 2.45) is 5.73 Å². The SMILES string of the molecule is N[C@H](CO)C(=O)NCc1ccc(OC(F)(F)F)cc1. The maximum absolute atomic E-state index is 11.9. The Kier molecular flexibility index (Phi) is 5.13. The molecule has 0 saturated heterocycles. The van der Waals surface area contributed by atoms with Crippen molar-refractivity contribution in [1.82, 2.24) is 5.32 Å². The molecule has 1 amide bonds. The van der Waals surface area contributed by atoms with Gasteiger partial charge in [0.15, 0.2) is 0 Å². The van der Waals surface area contributed by atoms with E-state index in [0.717, 1.165) is 12.1 Å². The molecule has 4 N–H and O–H groups in total. The summed E-state index contributed by atoms with van der Waals surface area (Å²) in [5, 5.41) is 11.1. The number of carbonyl (C=O) groups is 1. The Labute approximate surface area is 107 Å². The van der Waals surface area contributed by atoms with Crippen LogP contribution < -0.4 is 15.8 Å². The summed E-state index contributed by atoms with van der Waals surface area (Å²) in [4.78, 5) is 11.2. The molecule has 0 aliphatic carbocycles. The number of aliphatic hydroxyl groups excluding tert-OH is 1. The molecule has 0 aliphatic heterocycles. The zero-order valence-corrected chi connectivity index (χ0v) is 9.78. The average Bonchev–Trinajstić information content (AvgIpc) is 2.34. The number of benzene rings is 1. The first kappa shape index (κ1) is 15.3. The summed E-state index contributed by atoms with van der Waals surface area (Å²) >= 11 is 0. The minimum atomic E-state index is -4.73. The molecule has 0 heterocycles. The molecule has 0 unspecified atom stereocenters. The number of nitrogens with two attached hydrogens (primary N) is 1. The number of aliphatic hydroxyl groups is 1. The first-order chi connectivity index (χ1) is 8.81. The third-order valence-electron chi connectivity index (χ3n) is 2.16. The molecule has 106 valence electrons. The van der Waals surface area contributed by atoms with Gasteiger partial charge in [0, 0.05) is 6.54 Å². The quantitative estimate of drug-likeness (QED) is 0.733. The van der Waals surface area contributed by atoms with E-state index in [9.17, 15) is 18.0 Å². The van der Waals surface area contributed by atoms with E-state index >= 15 is 0 Å². The molecule has 0 aliphatic rings. The summed E-state index contributed by atoms with van der Waals surface area (Å²) in [5.74, 6) is -0.882. The summed E-state index contributed by atoms with van der Waals surface area (Å²) in [5.41, 5.74) is 5.84. The van der Waals surface area contributed by atoms with Crippen LogP contribution in [0.3, 0.4) is 0 Å². The second kappa shape index (κ2) is 6.39. The van der Waals surface area contributed by atoms with Gasteiger partial charge in [0.05, 0.1) is 6.61 Å². The lowest BCUT2D eigenvalue weighted by atomic mass is 10.2. The second-order valence-electron chi connectivity index (χ2n) is 3.70. The fourth-order valence-electron chi connectivity index (χ4n) is 1.21. The minimum absolute atomic E-state index is 0.0961. The normalized spacial score (nSPS) is 12.9. The number of amides is 1. The van der Waals surface area contributed by atoms with Crippen molar-refractivity contribution in [1.29, 1.82) is 0 Å². The Bertz CT molecular complexity index is 420. The number of carbonyl (C=O) groups excluding carboxylic acids is 1. The zero-order chi connectivity index (χ0) is 14.5. The molecule has 0 spiro atoms. The van der Waals surface area contributed by atoms with Crippen LogP contribution in [0.4, 0.5) is 13.2 Å². The summed E-state index contributed by atoms with van der Waals surface area (Å²) in [6.07, 6.45) is -4.73. The van der Waals surface area contributed by atoms with Gasteiger partial charge in [-0.1, -0.05) is 12.1 Å². The van der Waals surface area contributed by atoms with E-state index in [-0.39, 0.29) is 12.3 Å². The Morgan fingerprint density at radius 2 is 1.95 bits per heavy atom. The molecule has 1 atom stereocenters. The smallest absolute Gasteiger partial charge is 0.406 e. The molecule has 5 nitrogen and oxygen atoms in total. The van der Waals surface area contributed by atoms with E-state index in [1.165, 1.54) is 12.1 Å². The highest BCUT2D eigenvalue weighted by Crippen LogP contribution is 2.22. The van der Waals surface area contributed by atoms with Gasteiger partial charge in [-0.25, -0.2) is 0 Å². The molecule has 0 bridgehead atoms. The number of nitrogens with one attached hydrogen (secondary N) is 1. The first-order valence-corrected chi connectivity index (χ1v) is 5.30. The monoisotopic (exact) mass is 278 g/mol. The van der Waals surface area contributed by atoms with Crippen LogP contribution in [0.5, 0.6) is 5.75 Å². The van der Waals surface area contributed by atoms with Gasteiger partial charge in [-0.2, -0.15) is 0 Å². The van der Waals surface area contributed by atoms with Gasteiger partial charge >= 0.3 is 6.36 Å². The van der Waals surface area contributed by atoms with Crippen LogP contribution >= 0.6 is 0 Å². The number of ether oxygens (including phenoxy) is 1. The van der Waals surface area contributed by atoms with Crippen molar-refractivity contribution in [3.05, 3.63) is 29.8 Å². The van der Waals surface area contributed by atoms with Crippen LogP contribution in [0.2, 0.25) is 0 Å². The van der Waals surface area contributed by atoms with Crippen LogP contribution in [0.15, 0.2) is 24.3 Å². The van der Waals surface area contributed by atoms with E-state index in [2.05, 4.69) is 10.1 Å². The van der Waals surface area contributed by atoms with Crippen LogP contribution in [-0.2, 0) is 11.3 Å². The van der Waals surface area contributed by atoms with Gasteiger partial charge in [-0.3, -0.25) is 4.79 Å². The van der Waals surface area contributed by atoms with Crippen molar-refractivity contribution < 1.29 is 27.8 Å². The lowest BCUT2D eigenvalue weighted by Gasteiger charge is -2.11. The highest BCUT2D eigenvalue weighted by molar-refractivity contribution is 5.81. The fourth-order valence-corrected chi connectivity index (χ4v) is 1.21. The maximum atomic E-state index is 11.9. The molecule has 1 aromatic rings. The summed E-state index contributed by atoms with van der Waals surface area (Å²) < 4.78 is 39.4. The van der Waals surface area contributed by atoms with E-state index in [1.54, 1.807) is 0 Å². The highest BCUT2D eigenvalue weighted by Gasteiger charge is 2.30. The zero-order valence-electron chi connectivity index (χ0n) is 9.78. The van der Waals surface area contributed by atoms with Gasteiger partial charge in [0.25, 0.3) is 0 Å². The van der Waals surface area contributed by atoms with Crippen LogP contribution in [0, 0.1) is 0 Å². The highest BCUT2D eigenvalue weighted by atomic mass is 19.4. The fraction of sp³-hybridized carbons (Fsp3) is 0.364. The number of halogens is 3. The standard InChI is InChI=1S/C11H13F3N2O3/c12-11(13,14)19-8-3-1-7(2-4-8)5-16-10(18)9(15)6-17/h1-4,9,17H,5-6,15H2,(H,16,18)/t9-/m1/s1. The number of rotatable bonds is 5. The number of alkyl halides is 3. The molecule has 0 fully saturated rings. The van der Waals surface area contributed by atoms with Crippen molar-refractivity contribution in [3.8, 4) is 5.75 Å². The first-order valence-electron chi connectivity index (χ1n) is 5.30. The molecule has 1 rings (SSSR count). The topological polar surface area (TPSA) is 84.6 Å². The Morgan fingerprint density at radius 3 is 2.42 bits per heavy atom. The van der Waals surface area contributed by atoms with Crippen LogP contribution in [0.25, 0.3) is 0 Å². The van der Waals surface area contributed by atoms with E-state index < -0.39 is 24.9 Å². The van der Waals surface area contributed by atoms with Crippen molar-refractivity contribution in [2.45, 2.75) is 18.9 Å². The van der Waals surface area contributed by atoms with E-state index in [1.807, 2.05) is 0 Å². The Hall–Kier alpha value is -1.80. The van der Waals surface area contributed by atoms with Crippen LogP contribution in [-0.4, -0.2) is 30.0 Å². The number of hydrogen-bond donors (Lipinski definition) is 3. The summed E-state index contributed by atoms with van der Waals surface area (Å²) in [7, 11) is 0. The average molecular weight is 278 g/mol. The molecule has 0 aromatic heterocycles. The van der Waals surface area contributed by atoms with Gasteiger partial charge in [0.1, 0.15) is 11.8 Å². The molecule has 19 heavy (non-hydrogen) atoms. The molecule has 0 saturated carbocycles. The Balaban J connectivity index is 2.51. The van der Waals surface area contributed by atoms with Crippen molar-refractivity contribution >= 4 is 5.91 Å². The van der Waals surface area contributed by atoms with Gasteiger partial charge in [-0.15, -0.1) is 13.2 Å². The summed E-state index contributed by atoms with van der Waals surface area (Å²) in [6.45, 7) is -0.386. The predicted molar refractivity (Wildman–Crippen MR) is 60.0 cm³/mol.